The third kappa shape index (κ3) is 3.14. The Hall–Kier alpha value is -2.13. The van der Waals surface area contributed by atoms with Crippen molar-refractivity contribution in [1.82, 2.24) is 0 Å². The molecule has 108 valence electrons. The maximum Gasteiger partial charge on any atom is 0.340 e. The third-order valence-corrected chi connectivity index (χ3v) is 3.68. The highest BCUT2D eigenvalue weighted by molar-refractivity contribution is 5.92. The molecule has 0 aromatic heterocycles. The van der Waals surface area contributed by atoms with Gasteiger partial charge in [-0.05, 0) is 36.1 Å². The minimum absolute atomic E-state index is 0.306. The van der Waals surface area contributed by atoms with E-state index in [1.165, 1.54) is 0 Å². The lowest BCUT2D eigenvalue weighted by Gasteiger charge is -2.13. The molecule has 3 rings (SSSR count). The van der Waals surface area contributed by atoms with E-state index in [0.717, 1.165) is 29.5 Å². The van der Waals surface area contributed by atoms with E-state index in [2.05, 4.69) is 12.1 Å². The number of carbonyl (C=O) groups is 1. The van der Waals surface area contributed by atoms with Gasteiger partial charge in [-0.1, -0.05) is 42.5 Å². The number of hydrogen-bond acceptors (Lipinski definition) is 3. The fraction of sp³-hybridized carbons (Fsp3) is 0.278. The Kier molecular flexibility index (Phi) is 4.02. The van der Waals surface area contributed by atoms with Crippen molar-refractivity contribution >= 4 is 5.97 Å². The molecular weight excluding hydrogens is 264 g/mol. The topological polar surface area (TPSA) is 35.5 Å². The van der Waals surface area contributed by atoms with E-state index in [0.29, 0.717) is 12.2 Å². The zero-order chi connectivity index (χ0) is 14.7. The Morgan fingerprint density at radius 3 is 2.62 bits per heavy atom. The monoisotopic (exact) mass is 282 g/mol. The first kappa shape index (κ1) is 13.8. The zero-order valence-electron chi connectivity index (χ0n) is 12.0. The van der Waals surface area contributed by atoms with Crippen LogP contribution in [0.2, 0.25) is 0 Å². The van der Waals surface area contributed by atoms with Crippen LogP contribution in [0.15, 0.2) is 48.5 Å². The van der Waals surface area contributed by atoms with Gasteiger partial charge >= 0.3 is 5.97 Å². The van der Waals surface area contributed by atoms with Gasteiger partial charge in [-0.3, -0.25) is 0 Å². The Balaban J connectivity index is 1.79. The smallest absolute Gasteiger partial charge is 0.340 e. The second kappa shape index (κ2) is 6.10. The molecule has 3 nitrogen and oxygen atoms in total. The number of hydrogen-bond donors (Lipinski definition) is 0. The van der Waals surface area contributed by atoms with Crippen LogP contribution in [0.1, 0.15) is 28.8 Å². The van der Waals surface area contributed by atoms with Gasteiger partial charge in [-0.15, -0.1) is 0 Å². The molecule has 0 bridgehead atoms. The van der Waals surface area contributed by atoms with Crippen molar-refractivity contribution < 1.29 is 14.3 Å². The molecular formula is C18H18O3. The molecule has 1 aliphatic heterocycles. The van der Waals surface area contributed by atoms with Gasteiger partial charge in [-0.2, -0.15) is 0 Å². The van der Waals surface area contributed by atoms with Crippen LogP contribution in [0, 0.1) is 6.92 Å². The average Bonchev–Trinajstić information content (AvgIpc) is 3.01. The van der Waals surface area contributed by atoms with Gasteiger partial charge in [0, 0.05) is 6.42 Å². The quantitative estimate of drug-likeness (QED) is 0.799. The highest BCUT2D eigenvalue weighted by Crippen LogP contribution is 2.23. The number of benzene rings is 2. The van der Waals surface area contributed by atoms with Crippen LogP contribution in [0.4, 0.5) is 0 Å². The molecule has 1 aliphatic rings. The van der Waals surface area contributed by atoms with E-state index >= 15 is 0 Å². The first-order valence-electron chi connectivity index (χ1n) is 7.23. The first-order valence-corrected chi connectivity index (χ1v) is 7.23. The summed E-state index contributed by atoms with van der Waals surface area (Å²) in [5.41, 5.74) is 3.76. The molecule has 1 unspecified atom stereocenters. The van der Waals surface area contributed by atoms with Crippen molar-refractivity contribution in [1.29, 1.82) is 0 Å². The largest absolute Gasteiger partial charge is 0.432 e. The predicted octanol–water partition coefficient (Wildman–Crippen LogP) is 3.96. The van der Waals surface area contributed by atoms with Crippen molar-refractivity contribution in [3.05, 3.63) is 59.7 Å². The number of rotatable bonds is 3. The molecule has 0 N–H and O–H groups in total. The lowest BCUT2D eigenvalue weighted by atomic mass is 10.00. The molecule has 0 saturated carbocycles. The van der Waals surface area contributed by atoms with E-state index in [9.17, 15) is 4.79 Å². The first-order chi connectivity index (χ1) is 10.2. The number of esters is 1. The van der Waals surface area contributed by atoms with Gasteiger partial charge in [0.2, 0.25) is 6.29 Å². The van der Waals surface area contributed by atoms with Gasteiger partial charge < -0.3 is 9.47 Å². The highest BCUT2D eigenvalue weighted by atomic mass is 16.7. The van der Waals surface area contributed by atoms with Crippen LogP contribution >= 0.6 is 0 Å². The molecule has 0 radical (unpaired) electrons. The summed E-state index contributed by atoms with van der Waals surface area (Å²) in [5.74, 6) is -0.306. The highest BCUT2D eigenvalue weighted by Gasteiger charge is 2.21. The third-order valence-electron chi connectivity index (χ3n) is 3.68. The van der Waals surface area contributed by atoms with E-state index in [4.69, 9.17) is 9.47 Å². The van der Waals surface area contributed by atoms with E-state index in [1.807, 2.05) is 43.3 Å². The van der Waals surface area contributed by atoms with Crippen LogP contribution in [-0.2, 0) is 9.47 Å². The minimum atomic E-state index is -0.384. The standard InChI is InChI=1S/C18H18O3/c1-13-12-15(14-6-3-2-4-7-14)9-10-16(13)18(19)21-17-8-5-11-20-17/h2-4,6-7,9-10,12,17H,5,8,11H2,1H3. The molecule has 1 atom stereocenters. The van der Waals surface area contributed by atoms with E-state index in [-0.39, 0.29) is 12.3 Å². The number of ether oxygens (including phenoxy) is 2. The van der Waals surface area contributed by atoms with Gasteiger partial charge in [0.25, 0.3) is 0 Å². The fourth-order valence-electron chi connectivity index (χ4n) is 2.53. The normalized spacial score (nSPS) is 17.7. The van der Waals surface area contributed by atoms with Crippen molar-refractivity contribution in [2.45, 2.75) is 26.1 Å². The number of aryl methyl sites for hydroxylation is 1. The van der Waals surface area contributed by atoms with Crippen LogP contribution in [-0.4, -0.2) is 18.9 Å². The summed E-state index contributed by atoms with van der Waals surface area (Å²) in [7, 11) is 0. The summed E-state index contributed by atoms with van der Waals surface area (Å²) in [4.78, 5) is 12.2. The van der Waals surface area contributed by atoms with Gasteiger partial charge in [0.1, 0.15) is 0 Å². The van der Waals surface area contributed by atoms with Crippen molar-refractivity contribution in [3.8, 4) is 11.1 Å². The Morgan fingerprint density at radius 1 is 1.14 bits per heavy atom. The van der Waals surface area contributed by atoms with Gasteiger partial charge in [0.05, 0.1) is 12.2 Å². The second-order valence-corrected chi connectivity index (χ2v) is 5.24. The fourth-order valence-corrected chi connectivity index (χ4v) is 2.53. The molecule has 1 saturated heterocycles. The lowest BCUT2D eigenvalue weighted by Crippen LogP contribution is -2.17. The second-order valence-electron chi connectivity index (χ2n) is 5.24. The average molecular weight is 282 g/mol. The summed E-state index contributed by atoms with van der Waals surface area (Å²) in [6.07, 6.45) is 1.35. The molecule has 1 fully saturated rings. The summed E-state index contributed by atoms with van der Waals surface area (Å²) in [6, 6.07) is 15.9. The molecule has 2 aromatic rings. The van der Waals surface area contributed by atoms with Crippen LogP contribution in [0.25, 0.3) is 11.1 Å². The molecule has 21 heavy (non-hydrogen) atoms. The molecule has 1 heterocycles. The lowest BCUT2D eigenvalue weighted by molar-refractivity contribution is -0.0776. The Bertz CT molecular complexity index is 628. The summed E-state index contributed by atoms with van der Waals surface area (Å²) in [5, 5.41) is 0. The molecule has 3 heteroatoms. The molecule has 2 aromatic carbocycles. The molecule has 0 aliphatic carbocycles. The zero-order valence-corrected chi connectivity index (χ0v) is 12.0. The van der Waals surface area contributed by atoms with Crippen molar-refractivity contribution in [2.75, 3.05) is 6.61 Å². The maximum absolute atomic E-state index is 12.2. The van der Waals surface area contributed by atoms with Crippen LogP contribution < -0.4 is 0 Å². The number of carbonyl (C=O) groups excluding carboxylic acids is 1. The van der Waals surface area contributed by atoms with Crippen molar-refractivity contribution in [3.63, 3.8) is 0 Å². The van der Waals surface area contributed by atoms with Gasteiger partial charge in [0.15, 0.2) is 0 Å². The van der Waals surface area contributed by atoms with E-state index < -0.39 is 0 Å². The summed E-state index contributed by atoms with van der Waals surface area (Å²) >= 11 is 0. The molecule has 0 spiro atoms. The van der Waals surface area contributed by atoms with Crippen LogP contribution in [0.3, 0.4) is 0 Å². The predicted molar refractivity (Wildman–Crippen MR) is 81.0 cm³/mol. The van der Waals surface area contributed by atoms with Crippen LogP contribution in [0.5, 0.6) is 0 Å². The molecule has 0 amide bonds. The SMILES string of the molecule is Cc1cc(-c2ccccc2)ccc1C(=O)OC1CCCO1. The van der Waals surface area contributed by atoms with E-state index in [1.54, 1.807) is 0 Å². The minimum Gasteiger partial charge on any atom is -0.432 e. The Labute approximate surface area is 124 Å². The maximum atomic E-state index is 12.2. The van der Waals surface area contributed by atoms with Crippen molar-refractivity contribution in [2.24, 2.45) is 0 Å². The summed E-state index contributed by atoms with van der Waals surface area (Å²) in [6.45, 7) is 2.60. The van der Waals surface area contributed by atoms with Gasteiger partial charge in [-0.25, -0.2) is 4.79 Å². The summed E-state index contributed by atoms with van der Waals surface area (Å²) < 4.78 is 10.7. The Morgan fingerprint density at radius 2 is 1.95 bits per heavy atom.